The summed E-state index contributed by atoms with van der Waals surface area (Å²) >= 11 is 5.45. The summed E-state index contributed by atoms with van der Waals surface area (Å²) < 4.78 is 1.91. The topological polar surface area (TPSA) is 22.0 Å². The van der Waals surface area contributed by atoms with E-state index in [-0.39, 0.29) is 5.43 Å². The Morgan fingerprint density at radius 3 is 2.58 bits per heavy atom. The fourth-order valence-corrected chi connectivity index (χ4v) is 0.951. The molecule has 0 atom stereocenters. The number of nitrogens with zero attached hydrogens (tertiary/aromatic N) is 1. The summed E-state index contributed by atoms with van der Waals surface area (Å²) in [7, 11) is 0. The molecule has 0 aliphatic heterocycles. The van der Waals surface area contributed by atoms with Crippen LogP contribution in [0, 0.1) is 0 Å². The van der Waals surface area contributed by atoms with Gasteiger partial charge in [-0.25, -0.2) is 0 Å². The van der Waals surface area contributed by atoms with Crippen LogP contribution in [-0.4, -0.2) is 10.4 Å². The van der Waals surface area contributed by atoms with E-state index in [2.05, 4.69) is 0 Å². The van der Waals surface area contributed by atoms with E-state index in [1.165, 1.54) is 12.1 Å². The summed E-state index contributed by atoms with van der Waals surface area (Å²) in [5.41, 5.74) is 0.0348. The Hall–Kier alpha value is -1.02. The van der Waals surface area contributed by atoms with Crippen molar-refractivity contribution in [1.29, 1.82) is 0 Å². The molecule has 12 heavy (non-hydrogen) atoms. The molecular weight excluding hydrogens is 174 g/mol. The van der Waals surface area contributed by atoms with E-state index in [1.807, 2.05) is 16.7 Å². The minimum Gasteiger partial charge on any atom is -0.350 e. The molecule has 0 saturated carbocycles. The minimum absolute atomic E-state index is 0.0348. The normalized spacial score (nSPS) is 10.8. The molecule has 1 aromatic heterocycles. The van der Waals surface area contributed by atoms with Gasteiger partial charge in [0, 0.05) is 37.0 Å². The summed E-state index contributed by atoms with van der Waals surface area (Å²) in [6.07, 6.45) is 7.33. The van der Waals surface area contributed by atoms with Crippen LogP contribution >= 0.6 is 11.6 Å². The predicted octanol–water partition coefficient (Wildman–Crippen LogP) is 1.64. The van der Waals surface area contributed by atoms with Gasteiger partial charge in [-0.1, -0.05) is 12.2 Å². The first-order valence-corrected chi connectivity index (χ1v) is 4.23. The molecule has 1 heterocycles. The van der Waals surface area contributed by atoms with E-state index in [1.54, 1.807) is 12.4 Å². The lowest BCUT2D eigenvalue weighted by Crippen LogP contribution is -2.02. The van der Waals surface area contributed by atoms with Crippen LogP contribution < -0.4 is 5.43 Å². The average Bonchev–Trinajstić information content (AvgIpc) is 2.09. The predicted molar refractivity (Wildman–Crippen MR) is 50.6 cm³/mol. The third kappa shape index (κ3) is 2.93. The van der Waals surface area contributed by atoms with Crippen LogP contribution in [0.15, 0.2) is 41.5 Å². The summed E-state index contributed by atoms with van der Waals surface area (Å²) in [6, 6.07) is 3.07. The molecule has 1 rings (SSSR count). The van der Waals surface area contributed by atoms with Gasteiger partial charge in [0.2, 0.25) is 0 Å². The highest BCUT2D eigenvalue weighted by molar-refractivity contribution is 6.18. The molecule has 0 radical (unpaired) electrons. The number of hydrogen-bond donors (Lipinski definition) is 0. The van der Waals surface area contributed by atoms with Crippen molar-refractivity contribution in [3.05, 3.63) is 46.9 Å². The van der Waals surface area contributed by atoms with Gasteiger partial charge in [-0.05, 0) is 0 Å². The van der Waals surface area contributed by atoms with Gasteiger partial charge in [0.05, 0.1) is 0 Å². The Kier molecular flexibility index (Phi) is 3.61. The standard InChI is InChI=1S/C9H10ClNO/c10-5-1-2-6-11-7-3-9(12)4-8-11/h1-4,7-8H,5-6H2. The van der Waals surface area contributed by atoms with Crippen molar-refractivity contribution in [3.8, 4) is 0 Å². The zero-order chi connectivity index (χ0) is 8.81. The highest BCUT2D eigenvalue weighted by Crippen LogP contribution is 1.86. The summed E-state index contributed by atoms with van der Waals surface area (Å²) in [4.78, 5) is 10.7. The van der Waals surface area contributed by atoms with E-state index in [0.717, 1.165) is 6.54 Å². The second-order valence-electron chi connectivity index (χ2n) is 2.36. The molecule has 0 spiro atoms. The van der Waals surface area contributed by atoms with E-state index in [9.17, 15) is 4.79 Å². The average molecular weight is 184 g/mol. The number of allylic oxidation sites excluding steroid dienone is 2. The SMILES string of the molecule is O=c1ccn(CC=CCCl)cc1. The molecule has 2 nitrogen and oxygen atoms in total. The molecule has 0 bridgehead atoms. The first-order chi connectivity index (χ1) is 5.83. The second-order valence-corrected chi connectivity index (χ2v) is 2.66. The van der Waals surface area contributed by atoms with Crippen molar-refractivity contribution in [2.75, 3.05) is 5.88 Å². The lowest BCUT2D eigenvalue weighted by atomic mass is 10.4. The van der Waals surface area contributed by atoms with Crippen LogP contribution in [-0.2, 0) is 6.54 Å². The second kappa shape index (κ2) is 4.78. The lowest BCUT2D eigenvalue weighted by molar-refractivity contribution is 0.810. The Bertz CT molecular complexity index is 296. The van der Waals surface area contributed by atoms with E-state index in [4.69, 9.17) is 11.6 Å². The van der Waals surface area contributed by atoms with Crippen LogP contribution in [0.5, 0.6) is 0 Å². The number of aromatic nitrogens is 1. The molecule has 0 amide bonds. The number of hydrogen-bond acceptors (Lipinski definition) is 1. The third-order valence-corrected chi connectivity index (χ3v) is 1.61. The maximum absolute atomic E-state index is 10.7. The van der Waals surface area contributed by atoms with Crippen molar-refractivity contribution in [2.45, 2.75) is 6.54 Å². The fraction of sp³-hybridized carbons (Fsp3) is 0.222. The highest BCUT2D eigenvalue weighted by atomic mass is 35.5. The van der Waals surface area contributed by atoms with E-state index < -0.39 is 0 Å². The summed E-state index contributed by atoms with van der Waals surface area (Å²) in [6.45, 7) is 0.757. The molecule has 0 aliphatic rings. The molecule has 0 aliphatic carbocycles. The first-order valence-electron chi connectivity index (χ1n) is 3.70. The smallest absolute Gasteiger partial charge is 0.181 e. The molecule has 3 heteroatoms. The molecular formula is C9H10ClNO. The molecule has 0 fully saturated rings. The number of alkyl halides is 1. The van der Waals surface area contributed by atoms with Crippen LogP contribution in [0.3, 0.4) is 0 Å². The first kappa shape index (κ1) is 9.07. The molecule has 0 unspecified atom stereocenters. The van der Waals surface area contributed by atoms with Crippen molar-refractivity contribution in [3.63, 3.8) is 0 Å². The molecule has 0 saturated heterocycles. The Labute approximate surface area is 76.1 Å². The maximum Gasteiger partial charge on any atom is 0.181 e. The Morgan fingerprint density at radius 1 is 1.33 bits per heavy atom. The monoisotopic (exact) mass is 183 g/mol. The quantitative estimate of drug-likeness (QED) is 0.516. The summed E-state index contributed by atoms with van der Waals surface area (Å²) in [5.74, 6) is 0.528. The number of halogens is 1. The molecule has 0 N–H and O–H groups in total. The molecule has 64 valence electrons. The van der Waals surface area contributed by atoms with Gasteiger partial charge in [0.15, 0.2) is 5.43 Å². The van der Waals surface area contributed by atoms with Crippen molar-refractivity contribution in [1.82, 2.24) is 4.57 Å². The minimum atomic E-state index is 0.0348. The van der Waals surface area contributed by atoms with Crippen molar-refractivity contribution < 1.29 is 0 Å². The Morgan fingerprint density at radius 2 is 2.00 bits per heavy atom. The zero-order valence-corrected chi connectivity index (χ0v) is 7.37. The van der Waals surface area contributed by atoms with E-state index in [0.29, 0.717) is 5.88 Å². The number of rotatable bonds is 3. The van der Waals surface area contributed by atoms with Crippen LogP contribution in [0.4, 0.5) is 0 Å². The van der Waals surface area contributed by atoms with E-state index >= 15 is 0 Å². The van der Waals surface area contributed by atoms with Gasteiger partial charge in [0.25, 0.3) is 0 Å². The van der Waals surface area contributed by atoms with Crippen LogP contribution in [0.2, 0.25) is 0 Å². The lowest BCUT2D eigenvalue weighted by Gasteiger charge is -1.99. The van der Waals surface area contributed by atoms with Gasteiger partial charge in [-0.2, -0.15) is 0 Å². The maximum atomic E-state index is 10.7. The van der Waals surface area contributed by atoms with Gasteiger partial charge in [-0.15, -0.1) is 11.6 Å². The van der Waals surface area contributed by atoms with Crippen molar-refractivity contribution >= 4 is 11.6 Å². The zero-order valence-electron chi connectivity index (χ0n) is 6.61. The number of pyridine rings is 1. The third-order valence-electron chi connectivity index (χ3n) is 1.43. The van der Waals surface area contributed by atoms with Gasteiger partial charge < -0.3 is 4.57 Å². The van der Waals surface area contributed by atoms with Crippen molar-refractivity contribution in [2.24, 2.45) is 0 Å². The fourth-order valence-electron chi connectivity index (χ4n) is 0.825. The molecule has 1 aromatic rings. The Balaban J connectivity index is 2.59. The van der Waals surface area contributed by atoms with Crippen LogP contribution in [0.1, 0.15) is 0 Å². The molecule has 0 aromatic carbocycles. The van der Waals surface area contributed by atoms with Gasteiger partial charge in [-0.3, -0.25) is 4.79 Å². The van der Waals surface area contributed by atoms with Crippen LogP contribution in [0.25, 0.3) is 0 Å². The summed E-state index contributed by atoms with van der Waals surface area (Å²) in [5, 5.41) is 0. The largest absolute Gasteiger partial charge is 0.350 e. The van der Waals surface area contributed by atoms with Gasteiger partial charge in [0.1, 0.15) is 0 Å². The highest BCUT2D eigenvalue weighted by Gasteiger charge is 1.83. The van der Waals surface area contributed by atoms with Gasteiger partial charge >= 0.3 is 0 Å².